The van der Waals surface area contributed by atoms with Crippen molar-refractivity contribution in [2.45, 2.75) is 12.8 Å². The number of carbonyl (C=O) groups is 2. The summed E-state index contributed by atoms with van der Waals surface area (Å²) in [6.45, 7) is 0.0915. The molecule has 6 nitrogen and oxygen atoms in total. The van der Waals surface area contributed by atoms with Crippen molar-refractivity contribution in [3.8, 4) is 5.75 Å². The summed E-state index contributed by atoms with van der Waals surface area (Å²) in [6, 6.07) is 12.6. The number of benzene rings is 1. The standard InChI is InChI=1S/C17H18N2O4/c20-16(19-14-6-2-1-3-7-14)13-23-17(21)9-5-11-22-15-8-4-10-18-12-15/h1-4,6-8,10,12H,5,9,11,13H2,(H,19,20). The molecular weight excluding hydrogens is 296 g/mol. The van der Waals surface area contributed by atoms with Crippen LogP contribution >= 0.6 is 0 Å². The van der Waals surface area contributed by atoms with Crippen LogP contribution < -0.4 is 10.1 Å². The van der Waals surface area contributed by atoms with Gasteiger partial charge in [0.1, 0.15) is 5.75 Å². The Labute approximate surface area is 134 Å². The first-order chi connectivity index (χ1) is 11.2. The number of hydrogen-bond acceptors (Lipinski definition) is 5. The molecule has 1 heterocycles. The lowest BCUT2D eigenvalue weighted by Crippen LogP contribution is -2.21. The Morgan fingerprint density at radius 2 is 1.91 bits per heavy atom. The third-order valence-electron chi connectivity index (χ3n) is 2.85. The molecule has 0 fully saturated rings. The van der Waals surface area contributed by atoms with Crippen molar-refractivity contribution in [2.75, 3.05) is 18.5 Å². The Kier molecular flexibility index (Phi) is 6.59. The number of anilines is 1. The van der Waals surface area contributed by atoms with Gasteiger partial charge in [-0.15, -0.1) is 0 Å². The SMILES string of the molecule is O=C(COC(=O)CCCOc1cccnc1)Nc1ccccc1. The summed E-state index contributed by atoms with van der Waals surface area (Å²) in [4.78, 5) is 27.1. The second kappa shape index (κ2) is 9.19. The molecule has 0 saturated carbocycles. The first-order valence-electron chi connectivity index (χ1n) is 7.27. The number of amides is 1. The lowest BCUT2D eigenvalue weighted by molar-refractivity contribution is -0.147. The van der Waals surface area contributed by atoms with Crippen LogP contribution in [0.1, 0.15) is 12.8 Å². The van der Waals surface area contributed by atoms with E-state index in [0.717, 1.165) is 0 Å². The quantitative estimate of drug-likeness (QED) is 0.598. The van der Waals surface area contributed by atoms with E-state index in [1.54, 1.807) is 36.7 Å². The molecule has 2 rings (SSSR count). The number of aromatic nitrogens is 1. The Bertz CT molecular complexity index is 617. The van der Waals surface area contributed by atoms with Gasteiger partial charge in [-0.1, -0.05) is 18.2 Å². The number of pyridine rings is 1. The molecule has 6 heteroatoms. The van der Waals surface area contributed by atoms with Crippen molar-refractivity contribution in [3.05, 3.63) is 54.9 Å². The van der Waals surface area contributed by atoms with Gasteiger partial charge in [0.05, 0.1) is 12.8 Å². The highest BCUT2D eigenvalue weighted by atomic mass is 16.5. The average Bonchev–Trinajstić information content (AvgIpc) is 2.59. The maximum absolute atomic E-state index is 11.6. The van der Waals surface area contributed by atoms with Gasteiger partial charge in [-0.25, -0.2) is 0 Å². The van der Waals surface area contributed by atoms with E-state index in [4.69, 9.17) is 9.47 Å². The average molecular weight is 314 g/mol. The van der Waals surface area contributed by atoms with Gasteiger partial charge in [0.15, 0.2) is 6.61 Å². The van der Waals surface area contributed by atoms with Crippen LogP contribution in [-0.2, 0) is 14.3 Å². The normalized spacial score (nSPS) is 9.91. The molecule has 23 heavy (non-hydrogen) atoms. The number of hydrogen-bond donors (Lipinski definition) is 1. The van der Waals surface area contributed by atoms with Crippen molar-refractivity contribution in [3.63, 3.8) is 0 Å². The van der Waals surface area contributed by atoms with E-state index >= 15 is 0 Å². The van der Waals surface area contributed by atoms with E-state index in [1.165, 1.54) is 0 Å². The van der Waals surface area contributed by atoms with Gasteiger partial charge < -0.3 is 14.8 Å². The van der Waals surface area contributed by atoms with Crippen LogP contribution in [0, 0.1) is 0 Å². The largest absolute Gasteiger partial charge is 0.492 e. The summed E-state index contributed by atoms with van der Waals surface area (Å²) in [5.74, 6) is -0.137. The predicted molar refractivity (Wildman–Crippen MR) is 85.0 cm³/mol. The van der Waals surface area contributed by atoms with Crippen LogP contribution in [0.4, 0.5) is 5.69 Å². The second-order valence-electron chi connectivity index (χ2n) is 4.72. The van der Waals surface area contributed by atoms with Crippen molar-refractivity contribution in [1.29, 1.82) is 0 Å². The molecule has 0 aliphatic carbocycles. The molecule has 0 spiro atoms. The molecule has 0 atom stereocenters. The van der Waals surface area contributed by atoms with E-state index in [0.29, 0.717) is 24.5 Å². The van der Waals surface area contributed by atoms with Gasteiger partial charge in [-0.3, -0.25) is 14.6 Å². The highest BCUT2D eigenvalue weighted by Crippen LogP contribution is 2.07. The fraction of sp³-hybridized carbons (Fsp3) is 0.235. The fourth-order valence-electron chi connectivity index (χ4n) is 1.78. The summed E-state index contributed by atoms with van der Waals surface area (Å²) in [6.07, 6.45) is 3.96. The molecule has 120 valence electrons. The smallest absolute Gasteiger partial charge is 0.306 e. The molecule has 2 aromatic rings. The maximum Gasteiger partial charge on any atom is 0.306 e. The first kappa shape index (κ1) is 16.5. The minimum absolute atomic E-state index is 0.193. The topological polar surface area (TPSA) is 77.5 Å². The predicted octanol–water partition coefficient (Wildman–Crippen LogP) is 2.42. The number of carbonyl (C=O) groups excluding carboxylic acids is 2. The van der Waals surface area contributed by atoms with Gasteiger partial charge in [0.25, 0.3) is 5.91 Å². The number of esters is 1. The summed E-state index contributed by atoms with van der Waals surface area (Å²) >= 11 is 0. The van der Waals surface area contributed by atoms with Crippen LogP contribution in [0.3, 0.4) is 0 Å². The summed E-state index contributed by atoms with van der Waals surface area (Å²) in [7, 11) is 0. The molecule has 1 N–H and O–H groups in total. The Hall–Kier alpha value is -2.89. The lowest BCUT2D eigenvalue weighted by Gasteiger charge is -2.07. The number of para-hydroxylation sites is 1. The van der Waals surface area contributed by atoms with Crippen LogP contribution in [0.25, 0.3) is 0 Å². The number of nitrogens with one attached hydrogen (secondary N) is 1. The van der Waals surface area contributed by atoms with E-state index < -0.39 is 5.97 Å². The van der Waals surface area contributed by atoms with Gasteiger partial charge in [-0.2, -0.15) is 0 Å². The summed E-state index contributed by atoms with van der Waals surface area (Å²) in [5.41, 5.74) is 0.665. The second-order valence-corrected chi connectivity index (χ2v) is 4.72. The fourth-order valence-corrected chi connectivity index (χ4v) is 1.78. The Morgan fingerprint density at radius 3 is 2.65 bits per heavy atom. The van der Waals surface area contributed by atoms with Crippen LogP contribution in [0.2, 0.25) is 0 Å². The first-order valence-corrected chi connectivity index (χ1v) is 7.27. The van der Waals surface area contributed by atoms with E-state index in [-0.39, 0.29) is 18.9 Å². The zero-order valence-electron chi connectivity index (χ0n) is 12.6. The van der Waals surface area contributed by atoms with Crippen molar-refractivity contribution in [2.24, 2.45) is 0 Å². The number of rotatable bonds is 8. The molecular formula is C17H18N2O4. The Morgan fingerprint density at radius 1 is 1.09 bits per heavy atom. The molecule has 0 radical (unpaired) electrons. The third kappa shape index (κ3) is 6.60. The molecule has 1 aromatic carbocycles. The maximum atomic E-state index is 11.6. The highest BCUT2D eigenvalue weighted by Gasteiger charge is 2.07. The van der Waals surface area contributed by atoms with E-state index in [2.05, 4.69) is 10.3 Å². The Balaban J connectivity index is 1.57. The molecule has 0 bridgehead atoms. The minimum atomic E-state index is -0.428. The van der Waals surface area contributed by atoms with Crippen LogP contribution in [-0.4, -0.2) is 30.1 Å². The van der Waals surface area contributed by atoms with E-state index in [9.17, 15) is 9.59 Å². The van der Waals surface area contributed by atoms with Gasteiger partial charge in [0.2, 0.25) is 0 Å². The molecule has 0 aliphatic rings. The van der Waals surface area contributed by atoms with Gasteiger partial charge >= 0.3 is 5.97 Å². The van der Waals surface area contributed by atoms with Gasteiger partial charge in [-0.05, 0) is 30.7 Å². The highest BCUT2D eigenvalue weighted by molar-refractivity contribution is 5.92. The monoisotopic (exact) mass is 314 g/mol. The van der Waals surface area contributed by atoms with Crippen molar-refractivity contribution < 1.29 is 19.1 Å². The number of ether oxygens (including phenoxy) is 2. The van der Waals surface area contributed by atoms with E-state index in [1.807, 2.05) is 18.2 Å². The van der Waals surface area contributed by atoms with Crippen LogP contribution in [0.15, 0.2) is 54.9 Å². The summed E-state index contributed by atoms with van der Waals surface area (Å²) in [5, 5.41) is 2.64. The van der Waals surface area contributed by atoms with Gasteiger partial charge in [0, 0.05) is 18.3 Å². The molecule has 1 amide bonds. The molecule has 0 aliphatic heterocycles. The molecule has 0 unspecified atom stereocenters. The lowest BCUT2D eigenvalue weighted by atomic mass is 10.3. The van der Waals surface area contributed by atoms with Crippen molar-refractivity contribution in [1.82, 2.24) is 4.98 Å². The minimum Gasteiger partial charge on any atom is -0.492 e. The molecule has 1 aromatic heterocycles. The molecule has 0 saturated heterocycles. The number of nitrogens with zero attached hydrogens (tertiary/aromatic N) is 1. The summed E-state index contributed by atoms with van der Waals surface area (Å²) < 4.78 is 10.3. The zero-order valence-corrected chi connectivity index (χ0v) is 12.6. The van der Waals surface area contributed by atoms with Crippen molar-refractivity contribution >= 4 is 17.6 Å². The zero-order chi connectivity index (χ0) is 16.3. The third-order valence-corrected chi connectivity index (χ3v) is 2.85. The van der Waals surface area contributed by atoms with Crippen LogP contribution in [0.5, 0.6) is 5.75 Å².